The number of nitrogens with two attached hydrogens (primary N) is 1. The molecule has 0 aliphatic carbocycles. The van der Waals surface area contributed by atoms with Crippen LogP contribution in [0.2, 0.25) is 0 Å². The number of nitrogen functional groups attached to an aromatic ring is 1. The maximum absolute atomic E-state index is 9.71. The summed E-state index contributed by atoms with van der Waals surface area (Å²) in [6, 6.07) is 0. The Hall–Kier alpha value is -1.43. The summed E-state index contributed by atoms with van der Waals surface area (Å²) in [5.74, 6) is 0.302. The first-order valence-electron chi connectivity index (χ1n) is 6.84. The molecule has 0 radical (unpaired) electrons. The van der Waals surface area contributed by atoms with E-state index in [2.05, 4.69) is 19.3 Å². The molecule has 3 heterocycles. The highest BCUT2D eigenvalue weighted by molar-refractivity contribution is 7.46. The number of fused-ring (bicyclic) bond motifs is 1. The molecule has 0 aromatic carbocycles. The zero-order valence-corrected chi connectivity index (χ0v) is 14.6. The van der Waals surface area contributed by atoms with Gasteiger partial charge in [0.25, 0.3) is 0 Å². The van der Waals surface area contributed by atoms with Crippen LogP contribution in [-0.4, -0.2) is 58.3 Å². The molecule has 15 heteroatoms. The van der Waals surface area contributed by atoms with Crippen LogP contribution in [-0.2, 0) is 18.2 Å². The Labute approximate surface area is 142 Å². The molecular weight excluding hydrogens is 380 g/mol. The van der Waals surface area contributed by atoms with E-state index >= 15 is 0 Å². The van der Waals surface area contributed by atoms with E-state index in [-0.39, 0.29) is 6.61 Å². The van der Waals surface area contributed by atoms with Crippen LogP contribution >= 0.6 is 16.5 Å². The van der Waals surface area contributed by atoms with Crippen molar-refractivity contribution in [1.29, 1.82) is 0 Å². The van der Waals surface area contributed by atoms with E-state index in [0.29, 0.717) is 23.4 Å². The molecule has 1 aliphatic rings. The van der Waals surface area contributed by atoms with Gasteiger partial charge in [0.15, 0.2) is 11.5 Å². The Balaban J connectivity index is 0.000000277. The number of hydrogen-bond acceptors (Lipinski definition) is 10. The molecule has 2 aromatic rings. The molecule has 1 saturated heterocycles. The minimum Gasteiger partial charge on any atom is -0.394 e. The van der Waals surface area contributed by atoms with Crippen LogP contribution in [0, 0.1) is 0 Å². The van der Waals surface area contributed by atoms with Crippen molar-refractivity contribution in [2.24, 2.45) is 0 Å². The van der Waals surface area contributed by atoms with E-state index in [1.165, 1.54) is 6.33 Å². The van der Waals surface area contributed by atoms with Gasteiger partial charge in [-0.15, -0.1) is 0 Å². The maximum atomic E-state index is 9.71. The van der Waals surface area contributed by atoms with E-state index < -0.39 is 34.9 Å². The van der Waals surface area contributed by atoms with Crippen molar-refractivity contribution in [1.82, 2.24) is 19.5 Å². The summed E-state index contributed by atoms with van der Waals surface area (Å²) in [5.41, 5.74) is 6.75. The summed E-state index contributed by atoms with van der Waals surface area (Å²) < 4.78 is 29.6. The third-order valence-electron chi connectivity index (χ3n) is 3.26. The van der Waals surface area contributed by atoms with Crippen LogP contribution in [0.1, 0.15) is 12.6 Å². The Morgan fingerprint density at radius 1 is 1.32 bits per heavy atom. The molecular formula is C10H17N5O8P2. The van der Waals surface area contributed by atoms with Crippen LogP contribution in [0.3, 0.4) is 0 Å². The van der Waals surface area contributed by atoms with Crippen LogP contribution in [0.25, 0.3) is 11.2 Å². The molecule has 5 atom stereocenters. The van der Waals surface area contributed by atoms with Crippen molar-refractivity contribution < 1.29 is 38.2 Å². The highest BCUT2D eigenvalue weighted by atomic mass is 31.2. The summed E-state index contributed by atoms with van der Waals surface area (Å²) in [4.78, 5) is 27.5. The predicted molar refractivity (Wildman–Crippen MR) is 84.9 cm³/mol. The minimum atomic E-state index is -3.20. The van der Waals surface area contributed by atoms with Gasteiger partial charge in [-0.2, -0.15) is 0 Å². The van der Waals surface area contributed by atoms with Crippen molar-refractivity contribution in [3.05, 3.63) is 12.7 Å². The molecule has 1 aliphatic heterocycles. The molecule has 1 fully saturated rings. The summed E-state index contributed by atoms with van der Waals surface area (Å²) in [5, 5.41) is 18.8. The molecule has 0 saturated carbocycles. The number of aliphatic hydroxyl groups is 2. The Morgan fingerprint density at radius 2 is 2.00 bits per heavy atom. The fourth-order valence-corrected chi connectivity index (χ4v) is 2.80. The van der Waals surface area contributed by atoms with Crippen molar-refractivity contribution in [2.75, 3.05) is 12.3 Å². The number of ether oxygens (including phenoxy) is 1. The van der Waals surface area contributed by atoms with Crippen molar-refractivity contribution in [3.63, 3.8) is 0 Å². The second kappa shape index (κ2) is 8.79. The third-order valence-corrected chi connectivity index (χ3v) is 4.65. The average molecular weight is 397 g/mol. The summed E-state index contributed by atoms with van der Waals surface area (Å²) in [6.45, 7) is -0.221. The molecule has 0 spiro atoms. The Bertz CT molecular complexity index is 761. The quantitative estimate of drug-likeness (QED) is 0.387. The lowest BCUT2D eigenvalue weighted by atomic mass is 10.2. The van der Waals surface area contributed by atoms with E-state index in [0.717, 1.165) is 0 Å². The van der Waals surface area contributed by atoms with Gasteiger partial charge in [-0.3, -0.25) is 13.7 Å². The lowest BCUT2D eigenvalue weighted by Gasteiger charge is -2.13. The summed E-state index contributed by atoms with van der Waals surface area (Å²) in [6.07, 6.45) is 1.60. The van der Waals surface area contributed by atoms with E-state index in [9.17, 15) is 14.2 Å². The standard InChI is InChI=1S/C10H13N5O3.H4O5P2/c11-9-8-10(13-3-12-9)15(4-14-8)7-1-5(17)6(2-16)18-7;1-6(2)5-7(3)4/h3-7,16-17H,1-2H2,(H2,11,12,13);6-7H,(H,1,2)(H,3,4)/t5-,6+,7+;/m0./s1. The van der Waals surface area contributed by atoms with E-state index in [4.69, 9.17) is 25.4 Å². The van der Waals surface area contributed by atoms with Gasteiger partial charge >= 0.3 is 16.5 Å². The lowest BCUT2D eigenvalue weighted by Crippen LogP contribution is -2.24. The maximum Gasteiger partial charge on any atom is 0.323 e. The van der Waals surface area contributed by atoms with Crippen LogP contribution in [0.15, 0.2) is 12.7 Å². The van der Waals surface area contributed by atoms with Gasteiger partial charge in [-0.1, -0.05) is 0 Å². The zero-order valence-electron chi connectivity index (χ0n) is 12.6. The number of nitrogens with zero attached hydrogens (tertiary/aromatic N) is 4. The summed E-state index contributed by atoms with van der Waals surface area (Å²) in [7, 11) is -6.40. The highest BCUT2D eigenvalue weighted by Gasteiger charge is 2.35. The molecule has 6 N–H and O–H groups in total. The van der Waals surface area contributed by atoms with Gasteiger partial charge in [0.1, 0.15) is 24.2 Å². The minimum absolute atomic E-state index is 0.221. The first kappa shape index (κ1) is 19.9. The number of rotatable bonds is 4. The fourth-order valence-electron chi connectivity index (χ4n) is 2.21. The number of imidazole rings is 1. The topological polar surface area (TPSA) is 203 Å². The van der Waals surface area contributed by atoms with Gasteiger partial charge in [0, 0.05) is 6.42 Å². The number of anilines is 1. The SMILES string of the molecule is Nc1ncnc2c1ncn2[C@H]1C[C@H](O)[C@@H](CO)O1.O=[PH](O)O[PH](=O)O. The first-order chi connectivity index (χ1) is 11.8. The Morgan fingerprint density at radius 3 is 2.52 bits per heavy atom. The molecule has 2 unspecified atom stereocenters. The molecule has 0 bridgehead atoms. The number of aromatic nitrogens is 4. The second-order valence-corrected chi connectivity index (χ2v) is 6.71. The molecule has 140 valence electrons. The molecule has 3 rings (SSSR count). The largest absolute Gasteiger partial charge is 0.394 e. The third kappa shape index (κ3) is 5.03. The molecule has 13 nitrogen and oxygen atoms in total. The first-order valence-corrected chi connectivity index (χ1v) is 9.37. The monoisotopic (exact) mass is 397 g/mol. The number of aliphatic hydroxyl groups excluding tert-OH is 2. The lowest BCUT2D eigenvalue weighted by molar-refractivity contribution is -0.0432. The average Bonchev–Trinajstić information content (AvgIpc) is 3.10. The van der Waals surface area contributed by atoms with Gasteiger partial charge in [0.05, 0.1) is 19.0 Å². The normalized spacial score (nSPS) is 25.4. The predicted octanol–water partition coefficient (Wildman–Crippen LogP) is -1.18. The van der Waals surface area contributed by atoms with Gasteiger partial charge in [0.2, 0.25) is 0 Å². The smallest absolute Gasteiger partial charge is 0.323 e. The van der Waals surface area contributed by atoms with Gasteiger partial charge < -0.3 is 30.5 Å². The highest BCUT2D eigenvalue weighted by Crippen LogP contribution is 2.31. The van der Waals surface area contributed by atoms with E-state index in [1.807, 2.05) is 0 Å². The number of hydrogen-bond donors (Lipinski definition) is 5. The zero-order chi connectivity index (χ0) is 18.6. The summed E-state index contributed by atoms with van der Waals surface area (Å²) >= 11 is 0. The molecule has 2 aromatic heterocycles. The van der Waals surface area contributed by atoms with Gasteiger partial charge in [-0.25, -0.2) is 19.3 Å². The Kier molecular flexibility index (Phi) is 6.99. The van der Waals surface area contributed by atoms with Crippen LogP contribution in [0.4, 0.5) is 5.82 Å². The van der Waals surface area contributed by atoms with E-state index in [1.54, 1.807) is 10.9 Å². The molecule has 25 heavy (non-hydrogen) atoms. The van der Waals surface area contributed by atoms with Crippen molar-refractivity contribution >= 4 is 33.5 Å². The van der Waals surface area contributed by atoms with Crippen molar-refractivity contribution in [2.45, 2.75) is 24.9 Å². The second-order valence-electron chi connectivity index (χ2n) is 4.83. The van der Waals surface area contributed by atoms with Crippen LogP contribution in [0.5, 0.6) is 0 Å². The fraction of sp³-hybridized carbons (Fsp3) is 0.500. The van der Waals surface area contributed by atoms with Crippen molar-refractivity contribution in [3.8, 4) is 0 Å². The van der Waals surface area contributed by atoms with Gasteiger partial charge in [-0.05, 0) is 0 Å². The molecule has 0 amide bonds. The van der Waals surface area contributed by atoms with Crippen LogP contribution < -0.4 is 5.73 Å².